The third-order valence-corrected chi connectivity index (χ3v) is 5.50. The lowest BCUT2D eigenvalue weighted by molar-refractivity contribution is -0.138. The second kappa shape index (κ2) is 9.72. The van der Waals surface area contributed by atoms with Crippen molar-refractivity contribution in [3.8, 4) is 17.2 Å². The van der Waals surface area contributed by atoms with E-state index < -0.39 is 40.4 Å². The number of methoxy groups -OCH3 is 1. The van der Waals surface area contributed by atoms with Gasteiger partial charge in [-0.2, -0.15) is 13.2 Å². The van der Waals surface area contributed by atoms with Gasteiger partial charge in [-0.05, 0) is 49.2 Å². The Hall–Kier alpha value is -4.35. The molecule has 0 unspecified atom stereocenters. The number of rotatable bonds is 8. The van der Waals surface area contributed by atoms with E-state index in [1.54, 1.807) is 0 Å². The van der Waals surface area contributed by atoms with E-state index in [0.29, 0.717) is 18.5 Å². The number of H-pyrrole nitrogens is 1. The molecule has 4 rings (SSSR count). The van der Waals surface area contributed by atoms with Crippen LogP contribution >= 0.6 is 0 Å². The van der Waals surface area contributed by atoms with E-state index in [0.717, 1.165) is 12.1 Å². The van der Waals surface area contributed by atoms with Gasteiger partial charge in [0.2, 0.25) is 11.5 Å². The van der Waals surface area contributed by atoms with Crippen molar-refractivity contribution in [2.24, 2.45) is 0 Å². The van der Waals surface area contributed by atoms with Gasteiger partial charge in [0.25, 0.3) is 5.91 Å². The number of aromatic nitrogens is 2. The first-order valence-electron chi connectivity index (χ1n) is 10.8. The highest BCUT2D eigenvalue weighted by atomic mass is 19.4. The molecule has 36 heavy (non-hydrogen) atoms. The monoisotopic (exact) mass is 502 g/mol. The predicted molar refractivity (Wildman–Crippen MR) is 121 cm³/mol. The maximum Gasteiger partial charge on any atom is 0.420 e. The number of aromatic amines is 1. The molecule has 0 spiro atoms. The molecule has 2 amide bonds. The van der Waals surface area contributed by atoms with Gasteiger partial charge < -0.3 is 25.1 Å². The summed E-state index contributed by atoms with van der Waals surface area (Å²) in [5.74, 6) is -1.28. The fourth-order valence-corrected chi connectivity index (χ4v) is 3.39. The Morgan fingerprint density at radius 1 is 1.11 bits per heavy atom. The van der Waals surface area contributed by atoms with Crippen molar-refractivity contribution < 1.29 is 32.2 Å². The first kappa shape index (κ1) is 24.8. The summed E-state index contributed by atoms with van der Waals surface area (Å²) in [7, 11) is 1.27. The molecule has 1 saturated carbocycles. The summed E-state index contributed by atoms with van der Waals surface area (Å²) in [6.45, 7) is 0.0231. The van der Waals surface area contributed by atoms with Crippen molar-refractivity contribution in [3.63, 3.8) is 0 Å². The average molecular weight is 502 g/mol. The van der Waals surface area contributed by atoms with Gasteiger partial charge in [0.1, 0.15) is 34.0 Å². The van der Waals surface area contributed by atoms with Crippen molar-refractivity contribution in [1.82, 2.24) is 20.6 Å². The first-order valence-corrected chi connectivity index (χ1v) is 10.8. The highest BCUT2D eigenvalue weighted by Gasteiger charge is 2.51. The van der Waals surface area contributed by atoms with E-state index >= 15 is 0 Å². The summed E-state index contributed by atoms with van der Waals surface area (Å²) >= 11 is 0. The summed E-state index contributed by atoms with van der Waals surface area (Å²) in [6.07, 6.45) is -2.53. The summed E-state index contributed by atoms with van der Waals surface area (Å²) < 4.78 is 50.3. The highest BCUT2D eigenvalue weighted by Crippen LogP contribution is 2.40. The average Bonchev–Trinajstić information content (AvgIpc) is 3.63. The number of alkyl halides is 3. The van der Waals surface area contributed by atoms with Crippen LogP contribution in [0.4, 0.5) is 13.2 Å². The maximum atomic E-state index is 13.4. The Bertz CT molecular complexity index is 1330. The lowest BCUT2D eigenvalue weighted by atomic mass is 10.2. The molecule has 0 bridgehead atoms. The molecule has 2 heterocycles. The van der Waals surface area contributed by atoms with E-state index in [-0.39, 0.29) is 23.7 Å². The summed E-state index contributed by atoms with van der Waals surface area (Å²) in [5, 5.41) is 5.34. The third-order valence-electron chi connectivity index (χ3n) is 5.50. The standard InChI is InChI=1S/C24H21F3N4O5/c1-35-15-7-8-19(17(11-15)24(25,26)27)36-16-6-5-14(28-13-16)12-29-22(34)23(9-10-23)31-21(33)18-3-2-4-20(32)30-18/h2-8,11,13H,9-10,12H2,1H3,(H,29,34)(H,30,32)(H,31,33). The molecular formula is C24H21F3N4O5. The minimum Gasteiger partial charge on any atom is -0.497 e. The molecule has 188 valence electrons. The number of hydrogen-bond donors (Lipinski definition) is 3. The van der Waals surface area contributed by atoms with E-state index in [9.17, 15) is 27.6 Å². The molecule has 2 aromatic heterocycles. The van der Waals surface area contributed by atoms with Crippen LogP contribution in [0, 0.1) is 0 Å². The minimum atomic E-state index is -4.65. The predicted octanol–water partition coefficient (Wildman–Crippen LogP) is 3.17. The number of nitrogens with one attached hydrogen (secondary N) is 3. The molecular weight excluding hydrogens is 481 g/mol. The van der Waals surface area contributed by atoms with Gasteiger partial charge >= 0.3 is 6.18 Å². The van der Waals surface area contributed by atoms with Crippen LogP contribution in [-0.4, -0.2) is 34.4 Å². The zero-order valence-electron chi connectivity index (χ0n) is 18.9. The molecule has 1 aliphatic rings. The molecule has 1 aliphatic carbocycles. The van der Waals surface area contributed by atoms with E-state index in [1.165, 1.54) is 49.7 Å². The number of amides is 2. The number of ether oxygens (including phenoxy) is 2. The second-order valence-corrected chi connectivity index (χ2v) is 8.09. The van der Waals surface area contributed by atoms with Crippen molar-refractivity contribution in [2.45, 2.75) is 31.1 Å². The molecule has 9 nitrogen and oxygen atoms in total. The molecule has 0 saturated heterocycles. The number of hydrogen-bond acceptors (Lipinski definition) is 6. The van der Waals surface area contributed by atoms with Gasteiger partial charge in [0, 0.05) is 6.07 Å². The first-order chi connectivity index (χ1) is 17.1. The molecule has 0 radical (unpaired) electrons. The number of benzene rings is 1. The van der Waals surface area contributed by atoms with E-state index in [1.807, 2.05) is 0 Å². The van der Waals surface area contributed by atoms with Crippen LogP contribution < -0.4 is 25.7 Å². The number of carbonyl (C=O) groups is 2. The Kier molecular flexibility index (Phi) is 6.69. The largest absolute Gasteiger partial charge is 0.497 e. The van der Waals surface area contributed by atoms with Crippen LogP contribution in [-0.2, 0) is 17.5 Å². The Morgan fingerprint density at radius 3 is 2.47 bits per heavy atom. The van der Waals surface area contributed by atoms with Crippen molar-refractivity contribution in [3.05, 3.63) is 82.0 Å². The zero-order chi connectivity index (χ0) is 25.9. The topological polar surface area (TPSA) is 122 Å². The summed E-state index contributed by atoms with van der Waals surface area (Å²) in [5.41, 5.74) is -2.03. The second-order valence-electron chi connectivity index (χ2n) is 8.09. The van der Waals surface area contributed by atoms with Crippen molar-refractivity contribution in [1.29, 1.82) is 0 Å². The lowest BCUT2D eigenvalue weighted by Crippen LogP contribution is -2.49. The Labute approximate surface area is 202 Å². The smallest absolute Gasteiger partial charge is 0.420 e. The third kappa shape index (κ3) is 5.65. The summed E-state index contributed by atoms with van der Waals surface area (Å²) in [6, 6.07) is 10.4. The number of nitrogens with zero attached hydrogens (tertiary/aromatic N) is 1. The molecule has 0 atom stereocenters. The molecule has 1 fully saturated rings. The zero-order valence-corrected chi connectivity index (χ0v) is 18.9. The molecule has 0 aliphatic heterocycles. The van der Waals surface area contributed by atoms with Gasteiger partial charge in [0.15, 0.2) is 0 Å². The van der Waals surface area contributed by atoms with Gasteiger partial charge in [-0.25, -0.2) is 0 Å². The van der Waals surface area contributed by atoms with Gasteiger partial charge in [-0.1, -0.05) is 6.07 Å². The fourth-order valence-electron chi connectivity index (χ4n) is 3.39. The van der Waals surface area contributed by atoms with Crippen molar-refractivity contribution in [2.75, 3.05) is 7.11 Å². The fraction of sp³-hybridized carbons (Fsp3) is 0.250. The highest BCUT2D eigenvalue weighted by molar-refractivity contribution is 5.99. The van der Waals surface area contributed by atoms with Gasteiger partial charge in [-0.3, -0.25) is 19.4 Å². The van der Waals surface area contributed by atoms with Crippen LogP contribution in [0.2, 0.25) is 0 Å². The van der Waals surface area contributed by atoms with E-state index in [4.69, 9.17) is 9.47 Å². The van der Waals surface area contributed by atoms with Gasteiger partial charge in [0.05, 0.1) is 25.5 Å². The normalized spacial score (nSPS) is 14.0. The number of halogens is 3. The number of carbonyl (C=O) groups excluding carboxylic acids is 2. The number of pyridine rings is 2. The van der Waals surface area contributed by atoms with Crippen LogP contribution in [0.15, 0.2) is 59.5 Å². The molecule has 12 heteroatoms. The van der Waals surface area contributed by atoms with Gasteiger partial charge in [-0.15, -0.1) is 0 Å². The minimum absolute atomic E-state index is 0.0231. The van der Waals surface area contributed by atoms with Crippen LogP contribution in [0.1, 0.15) is 34.6 Å². The molecule has 1 aromatic carbocycles. The van der Waals surface area contributed by atoms with Crippen LogP contribution in [0.5, 0.6) is 17.2 Å². The van der Waals surface area contributed by atoms with Crippen LogP contribution in [0.25, 0.3) is 0 Å². The van der Waals surface area contributed by atoms with Crippen molar-refractivity contribution >= 4 is 11.8 Å². The molecule has 3 aromatic rings. The Balaban J connectivity index is 1.36. The van der Waals surface area contributed by atoms with Crippen LogP contribution in [0.3, 0.4) is 0 Å². The van der Waals surface area contributed by atoms with E-state index in [2.05, 4.69) is 20.6 Å². The Morgan fingerprint density at radius 2 is 1.86 bits per heavy atom. The maximum absolute atomic E-state index is 13.4. The lowest BCUT2D eigenvalue weighted by Gasteiger charge is -2.17. The quantitative estimate of drug-likeness (QED) is 0.435. The molecule has 3 N–H and O–H groups in total. The SMILES string of the molecule is COc1ccc(Oc2ccc(CNC(=O)C3(NC(=O)c4cccc(=O)[nH]4)CC3)nc2)c(C(F)(F)F)c1. The summed E-state index contributed by atoms with van der Waals surface area (Å²) in [4.78, 5) is 43.0.